The van der Waals surface area contributed by atoms with Crippen LogP contribution in [0.2, 0.25) is 0 Å². The van der Waals surface area contributed by atoms with E-state index in [9.17, 15) is 19.5 Å². The minimum absolute atomic E-state index is 0.0349. The Labute approximate surface area is 191 Å². The third kappa shape index (κ3) is 4.51. The van der Waals surface area contributed by atoms with Crippen molar-refractivity contribution in [3.05, 3.63) is 11.6 Å². The molecular formula is C25H39NO6. The van der Waals surface area contributed by atoms with Crippen LogP contribution in [0.15, 0.2) is 11.6 Å². The maximum atomic E-state index is 13.4. The highest BCUT2D eigenvalue weighted by Gasteiger charge is 2.64. The monoisotopic (exact) mass is 449 g/mol. The van der Waals surface area contributed by atoms with Gasteiger partial charge >= 0.3 is 11.9 Å². The molecule has 32 heavy (non-hydrogen) atoms. The number of ether oxygens (including phenoxy) is 2. The molecule has 0 amide bonds. The second-order valence-corrected chi connectivity index (χ2v) is 10.7. The number of rotatable bonds is 5. The quantitative estimate of drug-likeness (QED) is 0.509. The summed E-state index contributed by atoms with van der Waals surface area (Å²) in [6.07, 6.45) is 3.98. The van der Waals surface area contributed by atoms with Crippen LogP contribution in [0.1, 0.15) is 59.8 Å². The van der Waals surface area contributed by atoms with Crippen LogP contribution in [0.25, 0.3) is 0 Å². The van der Waals surface area contributed by atoms with Gasteiger partial charge in [-0.1, -0.05) is 19.4 Å². The Morgan fingerprint density at radius 2 is 1.94 bits per heavy atom. The molecule has 3 fully saturated rings. The van der Waals surface area contributed by atoms with E-state index in [4.69, 9.17) is 9.47 Å². The Morgan fingerprint density at radius 1 is 1.25 bits per heavy atom. The normalized spacial score (nSPS) is 40.6. The Morgan fingerprint density at radius 3 is 2.56 bits per heavy atom. The van der Waals surface area contributed by atoms with Gasteiger partial charge in [0.25, 0.3) is 0 Å². The average Bonchev–Trinajstić information content (AvgIpc) is 2.68. The number of esters is 2. The molecular weight excluding hydrogens is 410 g/mol. The molecule has 0 aromatic carbocycles. The molecule has 0 heterocycles. The molecule has 1 unspecified atom stereocenters. The smallest absolute Gasteiger partial charge is 0.330 e. The van der Waals surface area contributed by atoms with Crippen LogP contribution in [0, 0.1) is 29.1 Å². The first kappa shape index (κ1) is 24.9. The fourth-order valence-electron chi connectivity index (χ4n) is 6.74. The Balaban J connectivity index is 1.82. The van der Waals surface area contributed by atoms with Gasteiger partial charge in [-0.05, 0) is 64.0 Å². The summed E-state index contributed by atoms with van der Waals surface area (Å²) in [6.45, 7) is 8.39. The molecule has 7 atom stereocenters. The third-order valence-corrected chi connectivity index (χ3v) is 8.48. The van der Waals surface area contributed by atoms with Crippen molar-refractivity contribution in [3.8, 4) is 0 Å². The predicted octanol–water partition coefficient (Wildman–Crippen LogP) is 2.75. The van der Waals surface area contributed by atoms with Gasteiger partial charge in [-0.3, -0.25) is 9.59 Å². The molecule has 3 saturated carbocycles. The maximum absolute atomic E-state index is 13.4. The van der Waals surface area contributed by atoms with Gasteiger partial charge in [0.05, 0.1) is 6.10 Å². The second kappa shape index (κ2) is 9.26. The molecule has 7 heteroatoms. The van der Waals surface area contributed by atoms with Gasteiger partial charge in [0.15, 0.2) is 0 Å². The lowest BCUT2D eigenvalue weighted by atomic mass is 9.44. The van der Waals surface area contributed by atoms with Gasteiger partial charge < -0.3 is 19.5 Å². The number of Topliss-reactive ketones (excluding diaryl/α,β-unsaturated/α-hetero) is 1. The van der Waals surface area contributed by atoms with E-state index in [1.807, 2.05) is 25.9 Å². The zero-order valence-corrected chi connectivity index (χ0v) is 20.3. The number of hydrogen-bond acceptors (Lipinski definition) is 7. The van der Waals surface area contributed by atoms with Crippen LogP contribution < -0.4 is 0 Å². The fourth-order valence-corrected chi connectivity index (χ4v) is 6.74. The van der Waals surface area contributed by atoms with Gasteiger partial charge in [-0.25, -0.2) is 4.79 Å². The topological polar surface area (TPSA) is 93.1 Å². The molecule has 0 aromatic heterocycles. The first-order valence-electron chi connectivity index (χ1n) is 11.8. The molecule has 7 nitrogen and oxygen atoms in total. The summed E-state index contributed by atoms with van der Waals surface area (Å²) in [5.74, 6) is -0.916. The van der Waals surface area contributed by atoms with Crippen molar-refractivity contribution in [2.45, 2.75) is 71.5 Å². The summed E-state index contributed by atoms with van der Waals surface area (Å²) >= 11 is 0. The number of carbonyl (C=O) groups is 3. The molecule has 1 N–H and O–H groups in total. The standard InChI is InChI=1S/C25H39NO6/c1-15-17(13-22(30)31-12-11-26(5)6)7-8-18-23(15)19(28)14-20-24(18,3)10-9-21(29)25(20,4)32-16(2)27/h13,15,18,20-21,23,29H,7-12,14H2,1-6H3/b17-13-/t15-,18?,20+,21-,23-,24+,25+/m0/s1. The number of aliphatic hydroxyl groups is 1. The van der Waals surface area contributed by atoms with E-state index in [0.717, 1.165) is 24.8 Å². The second-order valence-electron chi connectivity index (χ2n) is 10.7. The van der Waals surface area contributed by atoms with Crippen LogP contribution in [0.4, 0.5) is 0 Å². The molecule has 3 aliphatic rings. The lowest BCUT2D eigenvalue weighted by Gasteiger charge is -2.61. The van der Waals surface area contributed by atoms with E-state index in [1.54, 1.807) is 13.0 Å². The Hall–Kier alpha value is -1.73. The molecule has 180 valence electrons. The van der Waals surface area contributed by atoms with Crippen molar-refractivity contribution < 1.29 is 29.0 Å². The van der Waals surface area contributed by atoms with E-state index in [-0.39, 0.29) is 47.3 Å². The first-order valence-corrected chi connectivity index (χ1v) is 11.8. The van der Waals surface area contributed by atoms with Crippen LogP contribution in [-0.2, 0) is 23.9 Å². The molecule has 3 aliphatic carbocycles. The minimum Gasteiger partial charge on any atom is -0.461 e. The number of fused-ring (bicyclic) bond motifs is 3. The third-order valence-electron chi connectivity index (χ3n) is 8.48. The van der Waals surface area contributed by atoms with Crippen LogP contribution in [0.5, 0.6) is 0 Å². The molecule has 0 radical (unpaired) electrons. The van der Waals surface area contributed by atoms with Gasteiger partial charge in [-0.2, -0.15) is 0 Å². The lowest BCUT2D eigenvalue weighted by Crippen LogP contribution is -2.65. The molecule has 0 aliphatic heterocycles. The van der Waals surface area contributed by atoms with Gasteiger partial charge in [0.1, 0.15) is 18.0 Å². The van der Waals surface area contributed by atoms with Gasteiger partial charge in [0.2, 0.25) is 0 Å². The van der Waals surface area contributed by atoms with Crippen molar-refractivity contribution in [2.75, 3.05) is 27.2 Å². The van der Waals surface area contributed by atoms with Crippen molar-refractivity contribution >= 4 is 17.7 Å². The fraction of sp³-hybridized carbons (Fsp3) is 0.800. The SMILES string of the molecule is CC(=O)O[C@@]1(C)[C@@H](O)CC[C@]2(C)C3CC/C(=C/C(=O)OCCN(C)C)[C@H](C)[C@@H]3C(=O)C[C@@H]12. The zero-order valence-electron chi connectivity index (χ0n) is 20.3. The van der Waals surface area contributed by atoms with Crippen molar-refractivity contribution in [2.24, 2.45) is 29.1 Å². The maximum Gasteiger partial charge on any atom is 0.330 e. The number of ketones is 1. The van der Waals surface area contributed by atoms with Crippen molar-refractivity contribution in [1.29, 1.82) is 0 Å². The average molecular weight is 450 g/mol. The minimum atomic E-state index is -1.06. The van der Waals surface area contributed by atoms with E-state index < -0.39 is 17.7 Å². The van der Waals surface area contributed by atoms with Crippen LogP contribution in [-0.4, -0.2) is 66.7 Å². The largest absolute Gasteiger partial charge is 0.461 e. The van der Waals surface area contributed by atoms with Crippen LogP contribution in [0.3, 0.4) is 0 Å². The van der Waals surface area contributed by atoms with E-state index >= 15 is 0 Å². The first-order chi connectivity index (χ1) is 14.9. The van der Waals surface area contributed by atoms with Crippen molar-refractivity contribution in [3.63, 3.8) is 0 Å². The highest BCUT2D eigenvalue weighted by atomic mass is 16.6. The number of carbonyl (C=O) groups excluding carboxylic acids is 3. The van der Waals surface area contributed by atoms with Gasteiger partial charge in [-0.15, -0.1) is 0 Å². The Kier molecular flexibility index (Phi) is 7.20. The number of nitrogens with zero attached hydrogens (tertiary/aromatic N) is 1. The predicted molar refractivity (Wildman–Crippen MR) is 120 cm³/mol. The highest BCUT2D eigenvalue weighted by molar-refractivity contribution is 5.86. The zero-order chi connectivity index (χ0) is 23.8. The number of allylic oxidation sites excluding steroid dienone is 1. The highest BCUT2D eigenvalue weighted by Crippen LogP contribution is 2.62. The number of likely N-dealkylation sites (N-methyl/N-ethyl adjacent to an activating group) is 1. The van der Waals surface area contributed by atoms with E-state index in [2.05, 4.69) is 6.92 Å². The lowest BCUT2D eigenvalue weighted by molar-refractivity contribution is -0.224. The van der Waals surface area contributed by atoms with Gasteiger partial charge in [0, 0.05) is 37.8 Å². The van der Waals surface area contributed by atoms with Crippen molar-refractivity contribution in [1.82, 2.24) is 4.90 Å². The molecule has 0 saturated heterocycles. The molecule has 0 aromatic rings. The van der Waals surface area contributed by atoms with E-state index in [0.29, 0.717) is 19.6 Å². The molecule has 3 rings (SSSR count). The summed E-state index contributed by atoms with van der Waals surface area (Å²) in [6, 6.07) is 0. The summed E-state index contributed by atoms with van der Waals surface area (Å²) in [7, 11) is 3.85. The number of aliphatic hydroxyl groups excluding tert-OH is 1. The Bertz CT molecular complexity index is 791. The summed E-state index contributed by atoms with van der Waals surface area (Å²) < 4.78 is 11.0. The molecule has 0 spiro atoms. The summed E-state index contributed by atoms with van der Waals surface area (Å²) in [5, 5.41) is 10.8. The molecule has 0 bridgehead atoms. The van der Waals surface area contributed by atoms with E-state index in [1.165, 1.54) is 6.92 Å². The van der Waals surface area contributed by atoms with Crippen LogP contribution >= 0.6 is 0 Å². The number of hydrogen-bond donors (Lipinski definition) is 1. The summed E-state index contributed by atoms with van der Waals surface area (Å²) in [4.78, 5) is 39.5. The summed E-state index contributed by atoms with van der Waals surface area (Å²) in [5.41, 5.74) is -0.293.